The molecule has 0 bridgehead atoms. The molecule has 1 fully saturated rings. The minimum absolute atomic E-state index is 0. The van der Waals surface area contributed by atoms with Crippen molar-refractivity contribution in [1.29, 1.82) is 0 Å². The molecule has 0 aliphatic heterocycles. The first kappa shape index (κ1) is 41.3. The Labute approximate surface area is 235 Å². The van der Waals surface area contributed by atoms with Gasteiger partial charge in [-0.05, 0) is 89.5 Å². The van der Waals surface area contributed by atoms with E-state index in [1.807, 2.05) is 43.7 Å². The second kappa shape index (κ2) is 16.8. The van der Waals surface area contributed by atoms with Crippen molar-refractivity contribution in [3.63, 3.8) is 0 Å². The van der Waals surface area contributed by atoms with Crippen molar-refractivity contribution in [2.75, 3.05) is 0 Å². The smallest absolute Gasteiger partial charge is 0.0622 e. The zero-order valence-electron chi connectivity index (χ0n) is 23.4. The van der Waals surface area contributed by atoms with Crippen molar-refractivity contribution in [2.24, 2.45) is 0 Å². The monoisotopic (exact) mass is 640 g/mol. The standard InChI is InChI=1S/C10H15.C9H9.C8H17N2.F6P.Ru/c1-6-7(2)9(4)10(5)8(6)3;1-2-6-9-7-4-3-5-8-9;1-6(2)9-8(5)10-7(3)4;1-7(2,3,4,5)6;/h1-5H3;2-8H,1H2;6-7H,1-5H3;;/q;;;-1;+4. The first-order chi connectivity index (χ1) is 16.0. The van der Waals surface area contributed by atoms with Crippen molar-refractivity contribution in [2.45, 2.75) is 81.3 Å². The fraction of sp³-hybridized carbons (Fsp3) is 0.444. The summed E-state index contributed by atoms with van der Waals surface area (Å²) in [5.74, 6) is 7.34. The molecule has 0 unspecified atom stereocenters. The van der Waals surface area contributed by atoms with Crippen molar-refractivity contribution < 1.29 is 44.7 Å². The fourth-order valence-corrected chi connectivity index (χ4v) is 2.89. The van der Waals surface area contributed by atoms with Crippen molar-refractivity contribution in [3.05, 3.63) is 91.4 Å². The van der Waals surface area contributed by atoms with E-state index >= 15 is 0 Å². The largest absolute Gasteiger partial charge is 4.00 e. The van der Waals surface area contributed by atoms with Gasteiger partial charge < -0.3 is 0 Å². The zero-order chi connectivity index (χ0) is 29.0. The van der Waals surface area contributed by atoms with E-state index in [2.05, 4.69) is 79.9 Å². The molecule has 211 valence electrons. The van der Waals surface area contributed by atoms with E-state index in [0.717, 1.165) is 6.17 Å². The van der Waals surface area contributed by atoms with Gasteiger partial charge in [0.1, 0.15) is 6.17 Å². The van der Waals surface area contributed by atoms with Crippen LogP contribution in [0.1, 0.15) is 74.8 Å². The zero-order valence-corrected chi connectivity index (χ0v) is 26.0. The summed E-state index contributed by atoms with van der Waals surface area (Å²) < 4.78 is 59.2. The van der Waals surface area contributed by atoms with Gasteiger partial charge in [0.2, 0.25) is 0 Å². The van der Waals surface area contributed by atoms with Crippen LogP contribution in [0.15, 0.2) is 30.3 Å². The second-order valence-corrected chi connectivity index (χ2v) is 10.8. The first-order valence-corrected chi connectivity index (χ1v) is 13.5. The molecule has 0 N–H and O–H groups in total. The van der Waals surface area contributed by atoms with Gasteiger partial charge in [-0.15, -0.1) is 0 Å². The third-order valence-electron chi connectivity index (χ3n) is 4.81. The minimum atomic E-state index is -10.7. The number of nitrogens with zero attached hydrogens (tertiary/aromatic N) is 2. The summed E-state index contributed by atoms with van der Waals surface area (Å²) in [6.07, 6.45) is 4.67. The van der Waals surface area contributed by atoms with Gasteiger partial charge in [-0.2, -0.15) is 0 Å². The Morgan fingerprint density at radius 3 is 1.19 bits per heavy atom. The molecule has 0 saturated heterocycles. The summed E-state index contributed by atoms with van der Waals surface area (Å²) >= 11 is 0. The molecule has 1 aromatic rings. The molecule has 2 nitrogen and oxygen atoms in total. The van der Waals surface area contributed by atoms with Gasteiger partial charge in [-0.1, -0.05) is 65.0 Å². The second-order valence-electron chi connectivity index (χ2n) is 8.89. The molecule has 0 amide bonds. The fourth-order valence-electron chi connectivity index (χ4n) is 2.89. The van der Waals surface area contributed by atoms with Gasteiger partial charge >= 0.3 is 52.5 Å². The van der Waals surface area contributed by atoms with Crippen molar-refractivity contribution in [1.82, 2.24) is 10.6 Å². The van der Waals surface area contributed by atoms with Crippen molar-refractivity contribution >= 4 is 7.81 Å². The summed E-state index contributed by atoms with van der Waals surface area (Å²) in [6.45, 7) is 24.8. The summed E-state index contributed by atoms with van der Waals surface area (Å²) in [6, 6.07) is 10.8. The van der Waals surface area contributed by atoms with Crippen molar-refractivity contribution in [3.8, 4) is 0 Å². The molecule has 0 atom stereocenters. The average Bonchev–Trinajstić information content (AvgIpc) is 2.84. The maximum absolute atomic E-state index is 10.7. The Bertz CT molecular complexity index is 635. The summed E-state index contributed by atoms with van der Waals surface area (Å²) in [5.41, 5.74) is 1.20. The normalized spacial score (nSPS) is 17.6. The van der Waals surface area contributed by atoms with Gasteiger partial charge in [0.25, 0.3) is 0 Å². The number of rotatable bonds is 6. The van der Waals surface area contributed by atoms with E-state index in [-0.39, 0.29) is 19.5 Å². The van der Waals surface area contributed by atoms with E-state index in [1.54, 1.807) is 6.42 Å². The van der Waals surface area contributed by atoms with Crippen LogP contribution >= 0.6 is 7.81 Å². The van der Waals surface area contributed by atoms with Gasteiger partial charge in [0, 0.05) is 12.1 Å². The number of hydrogen-bond acceptors (Lipinski definition) is 0. The van der Waals surface area contributed by atoms with Gasteiger partial charge in [0.05, 0.1) is 0 Å². The Morgan fingerprint density at radius 2 is 0.973 bits per heavy atom. The molecule has 2 rings (SSSR count). The van der Waals surface area contributed by atoms with Crippen LogP contribution in [-0.2, 0) is 19.5 Å². The molecule has 1 aromatic carbocycles. The molecular weight excluding hydrogens is 598 g/mol. The van der Waals surface area contributed by atoms with Crippen LogP contribution in [0, 0.1) is 55.5 Å². The third kappa shape index (κ3) is 27.1. The Morgan fingerprint density at radius 1 is 0.703 bits per heavy atom. The maximum atomic E-state index is 9.87. The predicted molar refractivity (Wildman–Crippen MR) is 141 cm³/mol. The van der Waals surface area contributed by atoms with Crippen LogP contribution in [0.25, 0.3) is 0 Å². The summed E-state index contributed by atoms with van der Waals surface area (Å²) in [4.78, 5) is 0. The van der Waals surface area contributed by atoms with E-state index < -0.39 is 7.81 Å². The van der Waals surface area contributed by atoms with Gasteiger partial charge in [-0.3, -0.25) is 0 Å². The molecule has 10 heteroatoms. The maximum Gasteiger partial charge on any atom is 4.00 e. The quantitative estimate of drug-likeness (QED) is 0.168. The molecule has 1 aliphatic carbocycles. The molecule has 1 saturated carbocycles. The van der Waals surface area contributed by atoms with Crippen LogP contribution in [0.2, 0.25) is 0 Å². The van der Waals surface area contributed by atoms with Crippen LogP contribution < -0.4 is 10.6 Å². The molecule has 11 radical (unpaired) electrons. The predicted octanol–water partition coefficient (Wildman–Crippen LogP) is 10.2. The number of hydrogen-bond donors (Lipinski definition) is 0. The average molecular weight is 640 g/mol. The number of halogens is 6. The van der Waals surface area contributed by atoms with Crippen LogP contribution in [-0.4, -0.2) is 12.1 Å². The number of benzene rings is 1. The molecule has 0 spiro atoms. The summed E-state index contributed by atoms with van der Waals surface area (Å²) in [7, 11) is -10.7. The van der Waals surface area contributed by atoms with Crippen LogP contribution in [0.3, 0.4) is 0 Å². The topological polar surface area (TPSA) is 28.2 Å². The third-order valence-corrected chi connectivity index (χ3v) is 4.81. The van der Waals surface area contributed by atoms with E-state index in [1.165, 1.54) is 35.2 Å². The molecule has 37 heavy (non-hydrogen) atoms. The van der Waals surface area contributed by atoms with Gasteiger partial charge in [-0.25, -0.2) is 10.6 Å². The molecule has 0 heterocycles. The Kier molecular flexibility index (Phi) is 18.7. The Hall–Kier alpha value is -0.227. The van der Waals surface area contributed by atoms with Crippen LogP contribution in [0.5, 0.6) is 0 Å². The van der Waals surface area contributed by atoms with Gasteiger partial charge in [0.15, 0.2) is 0 Å². The summed E-state index contributed by atoms with van der Waals surface area (Å²) in [5, 5.41) is 8.54. The molecule has 1 aliphatic rings. The van der Waals surface area contributed by atoms with E-state index in [9.17, 15) is 25.2 Å². The van der Waals surface area contributed by atoms with E-state index in [0.29, 0.717) is 12.1 Å². The molecule has 0 aromatic heterocycles. The van der Waals surface area contributed by atoms with E-state index in [4.69, 9.17) is 0 Å². The SMILES string of the molecule is C[C]([N]C(C)C)[N]C(C)C.C[C]1[C](C)[C](C)[C](C)[C]1C.F[P-](F)(F)(F)(F)F.[CH2][CH][CH]c1ccccc1.[Ru+4]. The Balaban J connectivity index is -0.000000417. The van der Waals surface area contributed by atoms with Crippen LogP contribution in [0.4, 0.5) is 25.2 Å². The molecular formula is C27H41F6N2PRu+3. The first-order valence-electron chi connectivity index (χ1n) is 11.5. The minimum Gasteiger partial charge on any atom is -0.0622 e.